The molecule has 0 saturated heterocycles. The van der Waals surface area contributed by atoms with Crippen LogP contribution < -0.4 is 5.32 Å². The Labute approximate surface area is 160 Å². The van der Waals surface area contributed by atoms with Gasteiger partial charge in [-0.25, -0.2) is 4.98 Å². The second kappa shape index (κ2) is 8.64. The molecule has 0 saturated carbocycles. The molecule has 0 aliphatic rings. The predicted molar refractivity (Wildman–Crippen MR) is 107 cm³/mol. The Kier molecular flexibility index (Phi) is 6.04. The Hall–Kier alpha value is -2.92. The van der Waals surface area contributed by atoms with Crippen molar-refractivity contribution in [2.75, 3.05) is 19.8 Å². The van der Waals surface area contributed by atoms with Crippen LogP contribution in [0, 0.1) is 13.8 Å². The van der Waals surface area contributed by atoms with Crippen molar-refractivity contribution >= 4 is 5.91 Å². The SMILES string of the molecule is CCOCCNC(=O)c1cncn1-c1ccc(-c2cc(C)cc(C)c2)cc1. The molecule has 0 unspecified atom stereocenters. The molecule has 0 atom stereocenters. The van der Waals surface area contributed by atoms with Crippen LogP contribution in [0.25, 0.3) is 16.8 Å². The van der Waals surface area contributed by atoms with Crippen LogP contribution in [-0.4, -0.2) is 35.2 Å². The van der Waals surface area contributed by atoms with Gasteiger partial charge in [-0.05, 0) is 44.0 Å². The smallest absolute Gasteiger partial charge is 0.270 e. The van der Waals surface area contributed by atoms with E-state index in [4.69, 9.17) is 4.74 Å². The fourth-order valence-corrected chi connectivity index (χ4v) is 3.10. The number of ether oxygens (including phenoxy) is 1. The zero-order valence-corrected chi connectivity index (χ0v) is 16.0. The van der Waals surface area contributed by atoms with E-state index in [1.54, 1.807) is 17.1 Å². The van der Waals surface area contributed by atoms with Crippen LogP contribution in [0.4, 0.5) is 0 Å². The zero-order valence-electron chi connectivity index (χ0n) is 16.0. The summed E-state index contributed by atoms with van der Waals surface area (Å²) in [5.74, 6) is -0.161. The van der Waals surface area contributed by atoms with Crippen molar-refractivity contribution < 1.29 is 9.53 Å². The first-order chi connectivity index (χ1) is 13.1. The number of hydrogen-bond acceptors (Lipinski definition) is 3. The number of aromatic nitrogens is 2. The average Bonchev–Trinajstić information content (AvgIpc) is 3.14. The van der Waals surface area contributed by atoms with E-state index in [9.17, 15) is 4.79 Å². The van der Waals surface area contributed by atoms with Gasteiger partial charge in [-0.3, -0.25) is 9.36 Å². The number of carbonyl (C=O) groups excluding carboxylic acids is 1. The number of imidazole rings is 1. The average molecular weight is 363 g/mol. The summed E-state index contributed by atoms with van der Waals surface area (Å²) in [6, 6.07) is 14.7. The van der Waals surface area contributed by atoms with Crippen molar-refractivity contribution in [3.63, 3.8) is 0 Å². The molecule has 1 heterocycles. The van der Waals surface area contributed by atoms with Crippen molar-refractivity contribution in [3.05, 3.63) is 71.8 Å². The maximum absolute atomic E-state index is 12.4. The number of amides is 1. The maximum Gasteiger partial charge on any atom is 0.270 e. The highest BCUT2D eigenvalue weighted by atomic mass is 16.5. The van der Waals surface area contributed by atoms with E-state index in [0.717, 1.165) is 11.3 Å². The number of carbonyl (C=O) groups is 1. The first-order valence-corrected chi connectivity index (χ1v) is 9.16. The van der Waals surface area contributed by atoms with Gasteiger partial charge in [0.1, 0.15) is 5.69 Å². The minimum Gasteiger partial charge on any atom is -0.380 e. The summed E-state index contributed by atoms with van der Waals surface area (Å²) < 4.78 is 7.04. The third-order valence-electron chi connectivity index (χ3n) is 4.31. The Balaban J connectivity index is 1.78. The summed E-state index contributed by atoms with van der Waals surface area (Å²) in [4.78, 5) is 16.5. The van der Waals surface area contributed by atoms with Crippen LogP contribution in [-0.2, 0) is 4.74 Å². The van der Waals surface area contributed by atoms with Crippen molar-refractivity contribution in [1.29, 1.82) is 0 Å². The molecule has 27 heavy (non-hydrogen) atoms. The second-order valence-electron chi connectivity index (χ2n) is 6.52. The lowest BCUT2D eigenvalue weighted by Gasteiger charge is -2.10. The lowest BCUT2D eigenvalue weighted by molar-refractivity contribution is 0.0916. The molecule has 0 radical (unpaired) electrons. The highest BCUT2D eigenvalue weighted by Gasteiger charge is 2.12. The number of nitrogens with one attached hydrogen (secondary N) is 1. The first kappa shape index (κ1) is 18.9. The predicted octanol–water partition coefficient (Wildman–Crippen LogP) is 3.92. The van der Waals surface area contributed by atoms with E-state index in [0.29, 0.717) is 25.5 Å². The summed E-state index contributed by atoms with van der Waals surface area (Å²) in [5.41, 5.74) is 6.23. The van der Waals surface area contributed by atoms with E-state index in [-0.39, 0.29) is 5.91 Å². The van der Waals surface area contributed by atoms with Gasteiger partial charge in [0.2, 0.25) is 0 Å². The molecule has 0 aliphatic heterocycles. The van der Waals surface area contributed by atoms with Crippen LogP contribution in [0.5, 0.6) is 0 Å². The maximum atomic E-state index is 12.4. The molecule has 3 rings (SSSR count). The van der Waals surface area contributed by atoms with Gasteiger partial charge in [-0.2, -0.15) is 0 Å². The molecule has 0 aliphatic carbocycles. The number of rotatable bonds is 7. The second-order valence-corrected chi connectivity index (χ2v) is 6.52. The fourth-order valence-electron chi connectivity index (χ4n) is 3.10. The zero-order chi connectivity index (χ0) is 19.2. The van der Waals surface area contributed by atoms with E-state index in [1.807, 2.05) is 19.1 Å². The Bertz CT molecular complexity index is 893. The van der Waals surface area contributed by atoms with Crippen LogP contribution in [0.2, 0.25) is 0 Å². The van der Waals surface area contributed by atoms with Gasteiger partial charge in [-0.15, -0.1) is 0 Å². The third-order valence-corrected chi connectivity index (χ3v) is 4.31. The lowest BCUT2D eigenvalue weighted by Crippen LogP contribution is -2.28. The molecule has 3 aromatic rings. The van der Waals surface area contributed by atoms with Gasteiger partial charge in [-0.1, -0.05) is 41.5 Å². The lowest BCUT2D eigenvalue weighted by atomic mass is 10.0. The molecule has 1 N–H and O–H groups in total. The Morgan fingerprint density at radius 3 is 2.44 bits per heavy atom. The third kappa shape index (κ3) is 4.63. The summed E-state index contributed by atoms with van der Waals surface area (Å²) >= 11 is 0. The first-order valence-electron chi connectivity index (χ1n) is 9.16. The van der Waals surface area contributed by atoms with Crippen LogP contribution in [0.3, 0.4) is 0 Å². The van der Waals surface area contributed by atoms with Crippen molar-refractivity contribution in [2.24, 2.45) is 0 Å². The minimum absolute atomic E-state index is 0.161. The minimum atomic E-state index is -0.161. The number of aryl methyl sites for hydroxylation is 2. The molecule has 1 amide bonds. The van der Waals surface area contributed by atoms with Gasteiger partial charge >= 0.3 is 0 Å². The van der Waals surface area contributed by atoms with Gasteiger partial charge < -0.3 is 10.1 Å². The summed E-state index contributed by atoms with van der Waals surface area (Å²) in [6.07, 6.45) is 3.23. The quantitative estimate of drug-likeness (QED) is 0.647. The van der Waals surface area contributed by atoms with Crippen molar-refractivity contribution in [1.82, 2.24) is 14.9 Å². The Morgan fingerprint density at radius 1 is 1.07 bits per heavy atom. The normalized spacial score (nSPS) is 10.8. The summed E-state index contributed by atoms with van der Waals surface area (Å²) in [7, 11) is 0. The van der Waals surface area contributed by atoms with Crippen LogP contribution >= 0.6 is 0 Å². The summed E-state index contributed by atoms with van der Waals surface area (Å²) in [6.45, 7) is 7.75. The van der Waals surface area contributed by atoms with E-state index < -0.39 is 0 Å². The molecular weight excluding hydrogens is 338 g/mol. The van der Waals surface area contributed by atoms with Gasteiger partial charge in [0, 0.05) is 18.8 Å². The highest BCUT2D eigenvalue weighted by Crippen LogP contribution is 2.24. The largest absolute Gasteiger partial charge is 0.380 e. The van der Waals surface area contributed by atoms with E-state index in [1.165, 1.54) is 16.7 Å². The molecule has 0 fully saturated rings. The molecular formula is C22H25N3O2. The van der Waals surface area contributed by atoms with Gasteiger partial charge in [0.05, 0.1) is 19.1 Å². The standard InChI is InChI=1S/C22H25N3O2/c1-4-27-10-9-24-22(26)21-14-23-15-25(21)20-7-5-18(6-8-20)19-12-16(2)11-17(3)13-19/h5-8,11-15H,4,9-10H2,1-3H3,(H,24,26). The molecule has 0 spiro atoms. The molecule has 1 aromatic heterocycles. The monoisotopic (exact) mass is 363 g/mol. The molecule has 0 bridgehead atoms. The van der Waals surface area contributed by atoms with Gasteiger partial charge in [0.15, 0.2) is 0 Å². The summed E-state index contributed by atoms with van der Waals surface area (Å²) in [5, 5.41) is 2.85. The van der Waals surface area contributed by atoms with Gasteiger partial charge in [0.25, 0.3) is 5.91 Å². The Morgan fingerprint density at radius 2 is 1.78 bits per heavy atom. The van der Waals surface area contributed by atoms with Crippen molar-refractivity contribution in [2.45, 2.75) is 20.8 Å². The number of hydrogen-bond donors (Lipinski definition) is 1. The number of nitrogens with zero attached hydrogens (tertiary/aromatic N) is 2. The molecule has 2 aromatic carbocycles. The molecule has 140 valence electrons. The fraction of sp³-hybridized carbons (Fsp3) is 0.273. The van der Waals surface area contributed by atoms with Crippen molar-refractivity contribution in [3.8, 4) is 16.8 Å². The molecule has 5 heteroatoms. The van der Waals surface area contributed by atoms with Crippen LogP contribution in [0.15, 0.2) is 55.0 Å². The van der Waals surface area contributed by atoms with Crippen LogP contribution in [0.1, 0.15) is 28.5 Å². The molecule has 5 nitrogen and oxygen atoms in total. The van der Waals surface area contributed by atoms with E-state index >= 15 is 0 Å². The van der Waals surface area contributed by atoms with E-state index in [2.05, 4.69) is 54.5 Å². The topological polar surface area (TPSA) is 56.1 Å². The highest BCUT2D eigenvalue weighted by molar-refractivity contribution is 5.93. The number of benzene rings is 2.